The van der Waals surface area contributed by atoms with E-state index in [9.17, 15) is 13.2 Å². The van der Waals surface area contributed by atoms with Crippen molar-refractivity contribution in [1.29, 1.82) is 0 Å². The molecule has 0 bridgehead atoms. The van der Waals surface area contributed by atoms with E-state index < -0.39 is 6.36 Å². The van der Waals surface area contributed by atoms with Crippen molar-refractivity contribution in [2.45, 2.75) is 32.3 Å². The van der Waals surface area contributed by atoms with Crippen molar-refractivity contribution >= 4 is 0 Å². The topological polar surface area (TPSA) is 53.1 Å². The first kappa shape index (κ1) is 14.9. The summed E-state index contributed by atoms with van der Waals surface area (Å²) in [6.45, 7) is 0.987. The second kappa shape index (κ2) is 5.64. The van der Waals surface area contributed by atoms with Gasteiger partial charge in [0.15, 0.2) is 0 Å². The molecule has 1 aliphatic rings. The predicted octanol–water partition coefficient (Wildman–Crippen LogP) is 3.32. The number of ether oxygens (including phenoxy) is 1. The highest BCUT2D eigenvalue weighted by Gasteiger charge is 2.31. The molecule has 1 aromatic heterocycles. The van der Waals surface area contributed by atoms with E-state index >= 15 is 0 Å². The average molecular weight is 311 g/mol. The van der Waals surface area contributed by atoms with Crippen LogP contribution in [0.2, 0.25) is 0 Å². The highest BCUT2D eigenvalue weighted by molar-refractivity contribution is 5.64. The minimum absolute atomic E-state index is 0.137. The van der Waals surface area contributed by atoms with Crippen LogP contribution in [0.1, 0.15) is 18.4 Å². The Morgan fingerprint density at radius 2 is 2.00 bits per heavy atom. The van der Waals surface area contributed by atoms with Crippen LogP contribution in [-0.2, 0) is 13.1 Å². The van der Waals surface area contributed by atoms with Gasteiger partial charge in [0.25, 0.3) is 0 Å². The molecule has 118 valence electrons. The van der Waals surface area contributed by atoms with E-state index in [1.165, 1.54) is 25.0 Å². The lowest BCUT2D eigenvalue weighted by Gasteiger charge is -2.11. The molecule has 1 heterocycles. The maximum Gasteiger partial charge on any atom is 0.573 e. The fourth-order valence-electron chi connectivity index (χ4n) is 2.32. The van der Waals surface area contributed by atoms with Crippen molar-refractivity contribution in [2.75, 3.05) is 0 Å². The molecule has 0 saturated heterocycles. The quantitative estimate of drug-likeness (QED) is 0.921. The van der Waals surface area contributed by atoms with Crippen molar-refractivity contribution in [2.24, 2.45) is 11.7 Å². The molecule has 2 aromatic rings. The SMILES string of the molecule is NCc1cc(OC(F)(F)F)cc(-c2cnn(CC3CC3)c2)c1. The number of benzene rings is 1. The molecular weight excluding hydrogens is 295 g/mol. The highest BCUT2D eigenvalue weighted by atomic mass is 19.4. The molecule has 0 atom stereocenters. The predicted molar refractivity (Wildman–Crippen MR) is 75.0 cm³/mol. The third-order valence-corrected chi connectivity index (χ3v) is 3.54. The lowest BCUT2D eigenvalue weighted by Crippen LogP contribution is -2.17. The maximum atomic E-state index is 12.4. The maximum absolute atomic E-state index is 12.4. The summed E-state index contributed by atoms with van der Waals surface area (Å²) in [6.07, 6.45) is 1.18. The first-order chi connectivity index (χ1) is 10.4. The van der Waals surface area contributed by atoms with Gasteiger partial charge in [0.2, 0.25) is 0 Å². The normalized spacial score (nSPS) is 15.1. The molecule has 1 aliphatic carbocycles. The fourth-order valence-corrected chi connectivity index (χ4v) is 2.32. The largest absolute Gasteiger partial charge is 0.573 e. The standard InChI is InChI=1S/C15H16F3N3O/c16-15(17,18)22-14-4-11(6-19)3-12(5-14)13-7-20-21(9-13)8-10-1-2-10/h3-5,7,9-10H,1-2,6,8,19H2. The Balaban J connectivity index is 1.87. The number of alkyl halides is 3. The minimum atomic E-state index is -4.72. The number of nitrogens with two attached hydrogens (primary N) is 1. The van der Waals surface area contributed by atoms with Gasteiger partial charge < -0.3 is 10.5 Å². The Bertz CT molecular complexity index is 662. The number of rotatable bonds is 5. The molecular formula is C15H16F3N3O. The van der Waals surface area contributed by atoms with E-state index in [2.05, 4.69) is 9.84 Å². The summed E-state index contributed by atoms with van der Waals surface area (Å²) < 4.78 is 43.0. The molecule has 0 amide bonds. The third kappa shape index (κ3) is 3.79. The van der Waals surface area contributed by atoms with Crippen LogP contribution >= 0.6 is 0 Å². The molecule has 7 heteroatoms. The van der Waals surface area contributed by atoms with Crippen molar-refractivity contribution < 1.29 is 17.9 Å². The average Bonchev–Trinajstić information content (AvgIpc) is 3.12. The molecule has 0 radical (unpaired) electrons. The van der Waals surface area contributed by atoms with E-state index in [0.717, 1.165) is 12.1 Å². The smallest absolute Gasteiger partial charge is 0.406 e. The summed E-state index contributed by atoms with van der Waals surface area (Å²) in [7, 11) is 0. The highest BCUT2D eigenvalue weighted by Crippen LogP contribution is 2.32. The van der Waals surface area contributed by atoms with Gasteiger partial charge in [-0.1, -0.05) is 0 Å². The van der Waals surface area contributed by atoms with Gasteiger partial charge in [-0.3, -0.25) is 4.68 Å². The molecule has 3 rings (SSSR count). The van der Waals surface area contributed by atoms with Crippen LogP contribution in [-0.4, -0.2) is 16.1 Å². The van der Waals surface area contributed by atoms with Crippen LogP contribution < -0.4 is 10.5 Å². The van der Waals surface area contributed by atoms with E-state index in [1.807, 2.05) is 10.9 Å². The zero-order chi connectivity index (χ0) is 15.7. The van der Waals surface area contributed by atoms with Gasteiger partial charge in [-0.25, -0.2) is 0 Å². The summed E-state index contributed by atoms with van der Waals surface area (Å²) in [5.41, 5.74) is 7.49. The van der Waals surface area contributed by atoms with Crippen molar-refractivity contribution in [3.8, 4) is 16.9 Å². The van der Waals surface area contributed by atoms with Gasteiger partial charge in [-0.05, 0) is 48.1 Å². The zero-order valence-corrected chi connectivity index (χ0v) is 11.8. The van der Waals surface area contributed by atoms with Crippen LogP contribution in [0.15, 0.2) is 30.6 Å². The summed E-state index contributed by atoms with van der Waals surface area (Å²) in [6, 6.07) is 4.40. The lowest BCUT2D eigenvalue weighted by molar-refractivity contribution is -0.274. The van der Waals surface area contributed by atoms with Crippen LogP contribution in [0, 0.1) is 5.92 Å². The van der Waals surface area contributed by atoms with E-state index in [1.54, 1.807) is 12.3 Å². The van der Waals surface area contributed by atoms with Crippen LogP contribution in [0.5, 0.6) is 5.75 Å². The lowest BCUT2D eigenvalue weighted by atomic mass is 10.1. The number of halogens is 3. The summed E-state index contributed by atoms with van der Waals surface area (Å²) in [5.74, 6) is 0.410. The monoisotopic (exact) mass is 311 g/mol. The zero-order valence-electron chi connectivity index (χ0n) is 11.8. The van der Waals surface area contributed by atoms with E-state index in [4.69, 9.17) is 5.73 Å². The first-order valence-corrected chi connectivity index (χ1v) is 7.05. The van der Waals surface area contributed by atoms with Gasteiger partial charge in [-0.2, -0.15) is 5.10 Å². The molecule has 0 aliphatic heterocycles. The first-order valence-electron chi connectivity index (χ1n) is 7.05. The molecule has 22 heavy (non-hydrogen) atoms. The number of hydrogen-bond donors (Lipinski definition) is 1. The Morgan fingerprint density at radius 1 is 1.23 bits per heavy atom. The number of hydrogen-bond acceptors (Lipinski definition) is 3. The van der Waals surface area contributed by atoms with E-state index in [-0.39, 0.29) is 12.3 Å². The van der Waals surface area contributed by atoms with Crippen molar-refractivity contribution in [3.05, 3.63) is 36.2 Å². The van der Waals surface area contributed by atoms with Gasteiger partial charge >= 0.3 is 6.36 Å². The molecule has 1 saturated carbocycles. The number of aromatic nitrogens is 2. The molecule has 1 aromatic carbocycles. The summed E-state index contributed by atoms with van der Waals surface area (Å²) in [4.78, 5) is 0. The van der Waals surface area contributed by atoms with Gasteiger partial charge in [-0.15, -0.1) is 13.2 Å². The Kier molecular flexibility index (Phi) is 3.82. The molecule has 0 spiro atoms. The van der Waals surface area contributed by atoms with Crippen LogP contribution in [0.3, 0.4) is 0 Å². The molecule has 2 N–H and O–H groups in total. The molecule has 0 unspecified atom stereocenters. The molecule has 4 nitrogen and oxygen atoms in total. The Labute approximate surface area is 125 Å². The third-order valence-electron chi connectivity index (χ3n) is 3.54. The van der Waals surface area contributed by atoms with Gasteiger partial charge in [0.05, 0.1) is 6.20 Å². The second-order valence-electron chi connectivity index (χ2n) is 5.51. The van der Waals surface area contributed by atoms with Crippen LogP contribution in [0.4, 0.5) is 13.2 Å². The Morgan fingerprint density at radius 3 is 2.64 bits per heavy atom. The summed E-state index contributed by atoms with van der Waals surface area (Å²) >= 11 is 0. The van der Waals surface area contributed by atoms with Crippen LogP contribution in [0.25, 0.3) is 11.1 Å². The van der Waals surface area contributed by atoms with Crippen molar-refractivity contribution in [3.63, 3.8) is 0 Å². The minimum Gasteiger partial charge on any atom is -0.406 e. The Hall–Kier alpha value is -2.02. The summed E-state index contributed by atoms with van der Waals surface area (Å²) in [5, 5.41) is 4.25. The number of nitrogens with zero attached hydrogens (tertiary/aromatic N) is 2. The van der Waals surface area contributed by atoms with Crippen molar-refractivity contribution in [1.82, 2.24) is 9.78 Å². The van der Waals surface area contributed by atoms with E-state index in [0.29, 0.717) is 17.0 Å². The molecule has 1 fully saturated rings. The second-order valence-corrected chi connectivity index (χ2v) is 5.51. The fraction of sp³-hybridized carbons (Fsp3) is 0.400. The van der Waals surface area contributed by atoms with Gasteiger partial charge in [0, 0.05) is 24.8 Å². The van der Waals surface area contributed by atoms with Gasteiger partial charge in [0.1, 0.15) is 5.75 Å².